The zero-order valence-electron chi connectivity index (χ0n) is 12.5. The van der Waals surface area contributed by atoms with Crippen molar-refractivity contribution in [3.8, 4) is 5.75 Å². The van der Waals surface area contributed by atoms with Crippen molar-refractivity contribution in [1.82, 2.24) is 5.32 Å². The molecule has 2 aromatic rings. The van der Waals surface area contributed by atoms with Crippen LogP contribution >= 0.6 is 0 Å². The van der Waals surface area contributed by atoms with E-state index in [9.17, 15) is 0 Å². The summed E-state index contributed by atoms with van der Waals surface area (Å²) in [6, 6.07) is 19.5. The Kier molecular flexibility index (Phi) is 5.19. The summed E-state index contributed by atoms with van der Waals surface area (Å²) >= 11 is 0. The van der Waals surface area contributed by atoms with E-state index in [1.54, 1.807) is 0 Å². The van der Waals surface area contributed by atoms with Gasteiger partial charge >= 0.3 is 0 Å². The van der Waals surface area contributed by atoms with Crippen LogP contribution in [-0.4, -0.2) is 6.61 Å². The van der Waals surface area contributed by atoms with Gasteiger partial charge in [-0.05, 0) is 44.0 Å². The molecule has 20 heavy (non-hydrogen) atoms. The molecule has 0 aliphatic heterocycles. The second-order valence-corrected chi connectivity index (χ2v) is 5.02. The Morgan fingerprint density at radius 2 is 1.40 bits per heavy atom. The number of rotatable bonds is 6. The maximum Gasteiger partial charge on any atom is 0.119 e. The molecule has 2 aromatic carbocycles. The highest BCUT2D eigenvalue weighted by atomic mass is 16.5. The van der Waals surface area contributed by atoms with Gasteiger partial charge in [0.25, 0.3) is 0 Å². The number of ether oxygens (including phenoxy) is 1. The zero-order valence-corrected chi connectivity index (χ0v) is 12.5. The van der Waals surface area contributed by atoms with Gasteiger partial charge in [-0.3, -0.25) is 0 Å². The fourth-order valence-electron chi connectivity index (χ4n) is 2.33. The molecule has 0 aromatic heterocycles. The van der Waals surface area contributed by atoms with Gasteiger partial charge in [0.05, 0.1) is 6.61 Å². The lowest BCUT2D eigenvalue weighted by atomic mass is 10.0. The minimum atomic E-state index is 0.306. The molecular formula is C18H23NO. The largest absolute Gasteiger partial charge is 0.494 e. The first kappa shape index (κ1) is 14.6. The molecule has 2 atom stereocenters. The molecule has 0 spiro atoms. The highest BCUT2D eigenvalue weighted by molar-refractivity contribution is 5.29. The molecule has 0 fully saturated rings. The first-order valence-corrected chi connectivity index (χ1v) is 7.24. The molecule has 0 saturated heterocycles. The molecule has 0 aliphatic rings. The Balaban J connectivity index is 1.99. The molecule has 2 rings (SSSR count). The number of benzene rings is 2. The van der Waals surface area contributed by atoms with Crippen LogP contribution in [0.15, 0.2) is 54.6 Å². The van der Waals surface area contributed by atoms with E-state index in [2.05, 4.69) is 55.6 Å². The quantitative estimate of drug-likeness (QED) is 0.834. The van der Waals surface area contributed by atoms with Crippen molar-refractivity contribution in [2.24, 2.45) is 0 Å². The average Bonchev–Trinajstić information content (AvgIpc) is 2.49. The van der Waals surface area contributed by atoms with E-state index in [1.807, 2.05) is 25.1 Å². The molecular weight excluding hydrogens is 246 g/mol. The Bertz CT molecular complexity index is 507. The molecule has 0 radical (unpaired) electrons. The lowest BCUT2D eigenvalue weighted by molar-refractivity contribution is 0.340. The number of nitrogens with one attached hydrogen (secondary N) is 1. The fraction of sp³-hybridized carbons (Fsp3) is 0.333. The molecule has 0 bridgehead atoms. The Morgan fingerprint density at radius 3 is 1.95 bits per heavy atom. The molecule has 1 N–H and O–H groups in total. The van der Waals surface area contributed by atoms with Crippen LogP contribution in [0.5, 0.6) is 5.75 Å². The van der Waals surface area contributed by atoms with Crippen molar-refractivity contribution in [1.29, 1.82) is 0 Å². The second kappa shape index (κ2) is 7.11. The molecule has 0 saturated carbocycles. The van der Waals surface area contributed by atoms with Crippen LogP contribution in [0.3, 0.4) is 0 Å². The van der Waals surface area contributed by atoms with Crippen LogP contribution in [0.2, 0.25) is 0 Å². The standard InChI is InChI=1S/C18H23NO/c1-4-20-18-12-10-17(11-13-18)15(3)19-14(2)16-8-6-5-7-9-16/h5-15,19H,4H2,1-3H3/t14-,15?/m0/s1. The van der Waals surface area contributed by atoms with Crippen LogP contribution in [0, 0.1) is 0 Å². The molecule has 0 aliphatic carbocycles. The monoisotopic (exact) mass is 269 g/mol. The van der Waals surface area contributed by atoms with E-state index in [0.717, 1.165) is 5.75 Å². The first-order valence-electron chi connectivity index (χ1n) is 7.24. The highest BCUT2D eigenvalue weighted by Crippen LogP contribution is 2.21. The van der Waals surface area contributed by atoms with Gasteiger partial charge in [-0.25, -0.2) is 0 Å². The first-order chi connectivity index (χ1) is 9.70. The molecule has 0 amide bonds. The van der Waals surface area contributed by atoms with Crippen molar-refractivity contribution in [3.05, 3.63) is 65.7 Å². The van der Waals surface area contributed by atoms with Gasteiger partial charge < -0.3 is 10.1 Å². The number of hydrogen-bond donors (Lipinski definition) is 1. The normalized spacial score (nSPS) is 13.8. The topological polar surface area (TPSA) is 21.3 Å². The van der Waals surface area contributed by atoms with Crippen molar-refractivity contribution < 1.29 is 4.74 Å². The lowest BCUT2D eigenvalue weighted by Crippen LogP contribution is -2.22. The summed E-state index contributed by atoms with van der Waals surface area (Å²) in [5, 5.41) is 3.62. The van der Waals surface area contributed by atoms with Gasteiger partial charge in [0, 0.05) is 12.1 Å². The van der Waals surface area contributed by atoms with E-state index < -0.39 is 0 Å². The van der Waals surface area contributed by atoms with Crippen LogP contribution in [0.4, 0.5) is 0 Å². The minimum absolute atomic E-state index is 0.306. The van der Waals surface area contributed by atoms with Gasteiger partial charge in [0.2, 0.25) is 0 Å². The SMILES string of the molecule is CCOc1ccc(C(C)N[C@@H](C)c2ccccc2)cc1. The molecule has 0 heterocycles. The van der Waals surface area contributed by atoms with Crippen LogP contribution in [0.1, 0.15) is 44.0 Å². The lowest BCUT2D eigenvalue weighted by Gasteiger charge is -2.21. The van der Waals surface area contributed by atoms with Gasteiger partial charge in [-0.1, -0.05) is 42.5 Å². The Morgan fingerprint density at radius 1 is 0.850 bits per heavy atom. The average molecular weight is 269 g/mol. The summed E-state index contributed by atoms with van der Waals surface area (Å²) in [6.07, 6.45) is 0. The van der Waals surface area contributed by atoms with E-state index in [-0.39, 0.29) is 0 Å². The van der Waals surface area contributed by atoms with Crippen molar-refractivity contribution in [2.75, 3.05) is 6.61 Å². The predicted molar refractivity (Wildman–Crippen MR) is 84.0 cm³/mol. The Hall–Kier alpha value is -1.80. The third-order valence-corrected chi connectivity index (χ3v) is 3.49. The van der Waals surface area contributed by atoms with Crippen molar-refractivity contribution in [3.63, 3.8) is 0 Å². The summed E-state index contributed by atoms with van der Waals surface area (Å²) in [7, 11) is 0. The second-order valence-electron chi connectivity index (χ2n) is 5.02. The predicted octanol–water partition coefficient (Wildman–Crippen LogP) is 4.50. The van der Waals surface area contributed by atoms with Crippen molar-refractivity contribution >= 4 is 0 Å². The summed E-state index contributed by atoms with van der Waals surface area (Å²) in [5.74, 6) is 0.930. The van der Waals surface area contributed by atoms with Gasteiger partial charge in [0.1, 0.15) is 5.75 Å². The molecule has 106 valence electrons. The van der Waals surface area contributed by atoms with Crippen molar-refractivity contribution in [2.45, 2.75) is 32.9 Å². The molecule has 2 nitrogen and oxygen atoms in total. The smallest absolute Gasteiger partial charge is 0.119 e. The van der Waals surface area contributed by atoms with E-state index in [4.69, 9.17) is 4.74 Å². The maximum absolute atomic E-state index is 5.47. The van der Waals surface area contributed by atoms with Gasteiger partial charge in [-0.15, -0.1) is 0 Å². The van der Waals surface area contributed by atoms with Crippen LogP contribution in [-0.2, 0) is 0 Å². The van der Waals surface area contributed by atoms with E-state index >= 15 is 0 Å². The summed E-state index contributed by atoms with van der Waals surface area (Å²) in [4.78, 5) is 0. The van der Waals surface area contributed by atoms with Gasteiger partial charge in [0.15, 0.2) is 0 Å². The minimum Gasteiger partial charge on any atom is -0.494 e. The summed E-state index contributed by atoms with van der Waals surface area (Å²) in [6.45, 7) is 7.09. The van der Waals surface area contributed by atoms with Crippen LogP contribution in [0.25, 0.3) is 0 Å². The third kappa shape index (κ3) is 3.84. The molecule has 2 heteroatoms. The maximum atomic E-state index is 5.47. The van der Waals surface area contributed by atoms with E-state index in [1.165, 1.54) is 11.1 Å². The van der Waals surface area contributed by atoms with Crippen LogP contribution < -0.4 is 10.1 Å². The molecule has 1 unspecified atom stereocenters. The summed E-state index contributed by atoms with van der Waals surface area (Å²) < 4.78 is 5.47. The zero-order chi connectivity index (χ0) is 14.4. The third-order valence-electron chi connectivity index (χ3n) is 3.49. The van der Waals surface area contributed by atoms with Gasteiger partial charge in [-0.2, -0.15) is 0 Å². The van der Waals surface area contributed by atoms with E-state index in [0.29, 0.717) is 18.7 Å². The summed E-state index contributed by atoms with van der Waals surface area (Å²) in [5.41, 5.74) is 2.58. The fourth-order valence-corrected chi connectivity index (χ4v) is 2.33. The highest BCUT2D eigenvalue weighted by Gasteiger charge is 2.10. The number of hydrogen-bond acceptors (Lipinski definition) is 2. The Labute approximate surface area is 121 Å².